The van der Waals surface area contributed by atoms with Crippen molar-refractivity contribution >= 4 is 11.3 Å². The molecule has 1 aromatic heterocycles. The van der Waals surface area contributed by atoms with Crippen LogP contribution in [0, 0.1) is 0 Å². The van der Waals surface area contributed by atoms with Crippen molar-refractivity contribution in [2.75, 3.05) is 7.11 Å². The van der Waals surface area contributed by atoms with Gasteiger partial charge in [0.05, 0.1) is 17.8 Å². The number of rotatable bonds is 6. The predicted octanol–water partition coefficient (Wildman–Crippen LogP) is 3.24. The molecule has 1 N–H and O–H groups in total. The third-order valence-electron chi connectivity index (χ3n) is 2.78. The highest BCUT2D eigenvalue weighted by Crippen LogP contribution is 2.18. The third-order valence-corrected chi connectivity index (χ3v) is 3.68. The van der Waals surface area contributed by atoms with Gasteiger partial charge in [-0.1, -0.05) is 26.0 Å². The molecule has 0 fully saturated rings. The van der Waals surface area contributed by atoms with Crippen molar-refractivity contribution in [1.29, 1.82) is 0 Å². The molecule has 102 valence electrons. The maximum atomic E-state index is 5.24. The van der Waals surface area contributed by atoms with Gasteiger partial charge in [0.2, 0.25) is 0 Å². The van der Waals surface area contributed by atoms with Crippen molar-refractivity contribution in [3.05, 3.63) is 45.9 Å². The monoisotopic (exact) mass is 276 g/mol. The molecule has 0 atom stereocenters. The second kappa shape index (κ2) is 6.68. The van der Waals surface area contributed by atoms with E-state index >= 15 is 0 Å². The molecule has 0 saturated heterocycles. The van der Waals surface area contributed by atoms with Gasteiger partial charge in [-0.15, -0.1) is 11.3 Å². The molecular formula is C15H20N2OS. The fourth-order valence-corrected chi connectivity index (χ4v) is 2.61. The SMILES string of the molecule is COc1cccc(Cc2nc(CNC(C)C)cs2)c1. The van der Waals surface area contributed by atoms with E-state index in [0.29, 0.717) is 6.04 Å². The molecule has 0 bridgehead atoms. The van der Waals surface area contributed by atoms with Crippen molar-refractivity contribution < 1.29 is 4.74 Å². The number of hydrogen-bond donors (Lipinski definition) is 1. The molecule has 0 aliphatic carbocycles. The number of thiazole rings is 1. The van der Waals surface area contributed by atoms with Crippen LogP contribution in [0.1, 0.15) is 30.1 Å². The van der Waals surface area contributed by atoms with Gasteiger partial charge in [0.1, 0.15) is 5.75 Å². The van der Waals surface area contributed by atoms with Crippen LogP contribution in [-0.2, 0) is 13.0 Å². The van der Waals surface area contributed by atoms with Crippen LogP contribution in [0.4, 0.5) is 0 Å². The molecule has 1 heterocycles. The first-order chi connectivity index (χ1) is 9.17. The first kappa shape index (κ1) is 14.0. The first-order valence-electron chi connectivity index (χ1n) is 6.47. The Balaban J connectivity index is 1.99. The predicted molar refractivity (Wildman–Crippen MR) is 79.9 cm³/mol. The second-order valence-corrected chi connectivity index (χ2v) is 5.74. The van der Waals surface area contributed by atoms with E-state index in [-0.39, 0.29) is 0 Å². The minimum Gasteiger partial charge on any atom is -0.497 e. The lowest BCUT2D eigenvalue weighted by Crippen LogP contribution is -2.21. The minimum atomic E-state index is 0.489. The van der Waals surface area contributed by atoms with Crippen LogP contribution in [0.15, 0.2) is 29.6 Å². The summed E-state index contributed by atoms with van der Waals surface area (Å²) < 4.78 is 5.24. The summed E-state index contributed by atoms with van der Waals surface area (Å²) in [5.74, 6) is 0.899. The van der Waals surface area contributed by atoms with Crippen molar-refractivity contribution in [3.8, 4) is 5.75 Å². The average Bonchev–Trinajstić information content (AvgIpc) is 2.84. The highest BCUT2D eigenvalue weighted by molar-refractivity contribution is 7.09. The number of aromatic nitrogens is 1. The maximum absolute atomic E-state index is 5.24. The molecule has 0 aliphatic rings. The van der Waals surface area contributed by atoms with Crippen LogP contribution >= 0.6 is 11.3 Å². The number of methoxy groups -OCH3 is 1. The average molecular weight is 276 g/mol. The van der Waals surface area contributed by atoms with Gasteiger partial charge in [-0.2, -0.15) is 0 Å². The summed E-state index contributed by atoms with van der Waals surface area (Å²) in [6, 6.07) is 8.64. The van der Waals surface area contributed by atoms with Crippen LogP contribution in [0.25, 0.3) is 0 Å². The molecular weight excluding hydrogens is 256 g/mol. The van der Waals surface area contributed by atoms with E-state index in [4.69, 9.17) is 4.74 Å². The van der Waals surface area contributed by atoms with E-state index in [1.165, 1.54) is 5.56 Å². The standard InChI is InChI=1S/C15H20N2OS/c1-11(2)16-9-13-10-19-15(17-13)8-12-5-4-6-14(7-12)18-3/h4-7,10-11,16H,8-9H2,1-3H3. The first-order valence-corrected chi connectivity index (χ1v) is 7.35. The Labute approximate surface area is 118 Å². The summed E-state index contributed by atoms with van der Waals surface area (Å²) in [7, 11) is 1.69. The van der Waals surface area contributed by atoms with Gasteiger partial charge in [0.25, 0.3) is 0 Å². The van der Waals surface area contributed by atoms with Crippen LogP contribution < -0.4 is 10.1 Å². The largest absolute Gasteiger partial charge is 0.497 e. The van der Waals surface area contributed by atoms with E-state index in [1.54, 1.807) is 18.4 Å². The quantitative estimate of drug-likeness (QED) is 0.879. The number of ether oxygens (including phenoxy) is 1. The molecule has 19 heavy (non-hydrogen) atoms. The van der Waals surface area contributed by atoms with Gasteiger partial charge in [0, 0.05) is 24.4 Å². The second-order valence-electron chi connectivity index (χ2n) is 4.80. The van der Waals surface area contributed by atoms with E-state index < -0.39 is 0 Å². The van der Waals surface area contributed by atoms with E-state index in [2.05, 4.69) is 41.7 Å². The summed E-state index contributed by atoms with van der Waals surface area (Å²) in [5, 5.41) is 6.66. The zero-order valence-corrected chi connectivity index (χ0v) is 12.5. The molecule has 0 aliphatic heterocycles. The molecule has 0 radical (unpaired) electrons. The Morgan fingerprint density at radius 2 is 2.21 bits per heavy atom. The Kier molecular flexibility index (Phi) is 4.93. The summed E-state index contributed by atoms with van der Waals surface area (Å²) in [6.07, 6.45) is 0.865. The molecule has 2 aromatic rings. The summed E-state index contributed by atoms with van der Waals surface area (Å²) in [5.41, 5.74) is 2.36. The smallest absolute Gasteiger partial charge is 0.119 e. The Hall–Kier alpha value is -1.39. The van der Waals surface area contributed by atoms with Crippen LogP contribution in [0.3, 0.4) is 0 Å². The van der Waals surface area contributed by atoms with Gasteiger partial charge in [-0.25, -0.2) is 4.98 Å². The summed E-state index contributed by atoms with van der Waals surface area (Å²) >= 11 is 1.72. The molecule has 0 unspecified atom stereocenters. The molecule has 0 saturated carbocycles. The molecule has 3 nitrogen and oxygen atoms in total. The van der Waals surface area contributed by atoms with E-state index in [0.717, 1.165) is 29.4 Å². The fraction of sp³-hybridized carbons (Fsp3) is 0.400. The number of benzene rings is 1. The highest BCUT2D eigenvalue weighted by Gasteiger charge is 2.04. The molecule has 1 aromatic carbocycles. The third kappa shape index (κ3) is 4.33. The Morgan fingerprint density at radius 3 is 2.95 bits per heavy atom. The summed E-state index contributed by atoms with van der Waals surface area (Å²) in [6.45, 7) is 5.12. The number of nitrogens with one attached hydrogen (secondary N) is 1. The fourth-order valence-electron chi connectivity index (χ4n) is 1.78. The van der Waals surface area contributed by atoms with Crippen molar-refractivity contribution in [2.45, 2.75) is 32.9 Å². The van der Waals surface area contributed by atoms with Gasteiger partial charge >= 0.3 is 0 Å². The topological polar surface area (TPSA) is 34.1 Å². The van der Waals surface area contributed by atoms with E-state index in [9.17, 15) is 0 Å². The van der Waals surface area contributed by atoms with Crippen LogP contribution in [0.5, 0.6) is 5.75 Å². The van der Waals surface area contributed by atoms with Crippen LogP contribution in [0.2, 0.25) is 0 Å². The molecule has 2 rings (SSSR count). The van der Waals surface area contributed by atoms with Crippen molar-refractivity contribution in [1.82, 2.24) is 10.3 Å². The lowest BCUT2D eigenvalue weighted by molar-refractivity contribution is 0.414. The normalized spacial score (nSPS) is 10.9. The van der Waals surface area contributed by atoms with Crippen molar-refractivity contribution in [2.24, 2.45) is 0 Å². The van der Waals surface area contributed by atoms with Crippen LogP contribution in [-0.4, -0.2) is 18.1 Å². The Bertz CT molecular complexity index is 522. The van der Waals surface area contributed by atoms with Gasteiger partial charge in [0.15, 0.2) is 0 Å². The Morgan fingerprint density at radius 1 is 1.37 bits per heavy atom. The number of hydrogen-bond acceptors (Lipinski definition) is 4. The molecule has 0 amide bonds. The minimum absolute atomic E-state index is 0.489. The van der Waals surface area contributed by atoms with Crippen molar-refractivity contribution in [3.63, 3.8) is 0 Å². The summed E-state index contributed by atoms with van der Waals surface area (Å²) in [4.78, 5) is 4.65. The van der Waals surface area contributed by atoms with E-state index in [1.807, 2.05) is 12.1 Å². The highest BCUT2D eigenvalue weighted by atomic mass is 32.1. The zero-order valence-electron chi connectivity index (χ0n) is 11.6. The van der Waals surface area contributed by atoms with Gasteiger partial charge in [-0.05, 0) is 17.7 Å². The molecule has 0 spiro atoms. The lowest BCUT2D eigenvalue weighted by Gasteiger charge is -2.05. The maximum Gasteiger partial charge on any atom is 0.119 e. The molecule has 4 heteroatoms. The lowest BCUT2D eigenvalue weighted by atomic mass is 10.1. The zero-order chi connectivity index (χ0) is 13.7. The number of nitrogens with zero attached hydrogens (tertiary/aromatic N) is 1. The van der Waals surface area contributed by atoms with Gasteiger partial charge < -0.3 is 10.1 Å². The van der Waals surface area contributed by atoms with Gasteiger partial charge in [-0.3, -0.25) is 0 Å².